The van der Waals surface area contributed by atoms with Crippen LogP contribution < -0.4 is 14.8 Å². The zero-order valence-electron chi connectivity index (χ0n) is 13.4. The van der Waals surface area contributed by atoms with Crippen LogP contribution in [-0.2, 0) is 6.54 Å². The number of aliphatic hydroxyl groups is 1. The molecule has 0 saturated heterocycles. The van der Waals surface area contributed by atoms with E-state index in [4.69, 9.17) is 14.6 Å². The van der Waals surface area contributed by atoms with Crippen molar-refractivity contribution in [3.8, 4) is 11.5 Å². The topological polar surface area (TPSA) is 50.7 Å². The highest BCUT2D eigenvalue weighted by Crippen LogP contribution is 2.31. The van der Waals surface area contributed by atoms with Crippen molar-refractivity contribution in [3.63, 3.8) is 0 Å². The summed E-state index contributed by atoms with van der Waals surface area (Å²) < 4.78 is 11.3. The molecule has 0 heterocycles. The molecule has 2 N–H and O–H groups in total. The third-order valence-corrected chi connectivity index (χ3v) is 3.32. The van der Waals surface area contributed by atoms with Gasteiger partial charge in [-0.15, -0.1) is 0 Å². The second kappa shape index (κ2) is 11.4. The molecule has 0 aromatic heterocycles. The van der Waals surface area contributed by atoms with Gasteiger partial charge in [-0.25, -0.2) is 0 Å². The summed E-state index contributed by atoms with van der Waals surface area (Å²) in [6.07, 6.45) is 5.13. The van der Waals surface area contributed by atoms with E-state index in [0.717, 1.165) is 62.3 Å². The van der Waals surface area contributed by atoms with E-state index in [-0.39, 0.29) is 6.61 Å². The van der Waals surface area contributed by atoms with E-state index in [1.807, 2.05) is 12.1 Å². The van der Waals surface area contributed by atoms with E-state index in [2.05, 4.69) is 18.3 Å². The van der Waals surface area contributed by atoms with Gasteiger partial charge in [-0.3, -0.25) is 0 Å². The monoisotopic (exact) mass is 295 g/mol. The minimum Gasteiger partial charge on any atom is -0.493 e. The first-order valence-electron chi connectivity index (χ1n) is 7.93. The number of methoxy groups -OCH3 is 1. The number of benzene rings is 1. The predicted octanol–water partition coefficient (Wildman–Crippen LogP) is 3.13. The molecule has 0 aliphatic rings. The molecule has 0 bridgehead atoms. The number of unbranched alkanes of at least 4 members (excludes halogenated alkanes) is 3. The molecule has 1 aromatic carbocycles. The van der Waals surface area contributed by atoms with Gasteiger partial charge in [-0.2, -0.15) is 0 Å². The van der Waals surface area contributed by atoms with Gasteiger partial charge in [0.1, 0.15) is 0 Å². The van der Waals surface area contributed by atoms with Gasteiger partial charge in [0.15, 0.2) is 11.5 Å². The molecule has 21 heavy (non-hydrogen) atoms. The van der Waals surface area contributed by atoms with Gasteiger partial charge in [-0.1, -0.05) is 25.5 Å². The van der Waals surface area contributed by atoms with Crippen molar-refractivity contribution in [3.05, 3.63) is 23.8 Å². The normalized spacial score (nSPS) is 10.6. The lowest BCUT2D eigenvalue weighted by molar-refractivity contribution is 0.267. The van der Waals surface area contributed by atoms with E-state index in [1.165, 1.54) is 0 Å². The third kappa shape index (κ3) is 6.82. The quantitative estimate of drug-likeness (QED) is 0.582. The van der Waals surface area contributed by atoms with E-state index < -0.39 is 0 Å². The van der Waals surface area contributed by atoms with Crippen LogP contribution in [0.3, 0.4) is 0 Å². The van der Waals surface area contributed by atoms with Gasteiger partial charge in [0.25, 0.3) is 0 Å². The maximum atomic E-state index is 8.75. The molecule has 0 radical (unpaired) electrons. The first-order chi connectivity index (χ1) is 10.3. The fourth-order valence-corrected chi connectivity index (χ4v) is 2.17. The van der Waals surface area contributed by atoms with Crippen LogP contribution in [0.5, 0.6) is 11.5 Å². The van der Waals surface area contributed by atoms with Gasteiger partial charge >= 0.3 is 0 Å². The number of aliphatic hydroxyl groups excluding tert-OH is 1. The fraction of sp³-hybridized carbons (Fsp3) is 0.647. The van der Waals surface area contributed by atoms with Gasteiger partial charge in [0, 0.05) is 18.7 Å². The van der Waals surface area contributed by atoms with Crippen molar-refractivity contribution >= 4 is 0 Å². The number of hydrogen-bond donors (Lipinski definition) is 2. The number of rotatable bonds is 12. The maximum absolute atomic E-state index is 8.75. The van der Waals surface area contributed by atoms with Crippen LogP contribution in [0.15, 0.2) is 18.2 Å². The summed E-state index contributed by atoms with van der Waals surface area (Å²) in [5, 5.41) is 12.2. The van der Waals surface area contributed by atoms with Crippen molar-refractivity contribution in [1.82, 2.24) is 5.32 Å². The first-order valence-corrected chi connectivity index (χ1v) is 7.93. The summed E-state index contributed by atoms with van der Waals surface area (Å²) in [7, 11) is 1.67. The highest BCUT2D eigenvalue weighted by molar-refractivity contribution is 5.46. The van der Waals surface area contributed by atoms with Crippen LogP contribution >= 0.6 is 0 Å². The second-order valence-corrected chi connectivity index (χ2v) is 5.11. The molecule has 0 saturated carbocycles. The van der Waals surface area contributed by atoms with Crippen LogP contribution in [0, 0.1) is 0 Å². The van der Waals surface area contributed by atoms with Crippen LogP contribution in [0.4, 0.5) is 0 Å². The third-order valence-electron chi connectivity index (χ3n) is 3.32. The number of para-hydroxylation sites is 1. The summed E-state index contributed by atoms with van der Waals surface area (Å²) in [5.74, 6) is 1.65. The number of nitrogens with one attached hydrogen (secondary N) is 1. The molecule has 0 aliphatic carbocycles. The molecule has 120 valence electrons. The number of hydrogen-bond acceptors (Lipinski definition) is 4. The van der Waals surface area contributed by atoms with Crippen molar-refractivity contribution < 1.29 is 14.6 Å². The Morgan fingerprint density at radius 3 is 2.67 bits per heavy atom. The maximum Gasteiger partial charge on any atom is 0.165 e. The van der Waals surface area contributed by atoms with Crippen molar-refractivity contribution in [2.24, 2.45) is 0 Å². The highest BCUT2D eigenvalue weighted by Gasteiger charge is 2.10. The minimum absolute atomic E-state index is 0.278. The van der Waals surface area contributed by atoms with Gasteiger partial charge in [-0.05, 0) is 38.3 Å². The second-order valence-electron chi connectivity index (χ2n) is 5.11. The van der Waals surface area contributed by atoms with Crippen LogP contribution in [-0.4, -0.2) is 32.0 Å². The van der Waals surface area contributed by atoms with E-state index in [1.54, 1.807) is 7.11 Å². The van der Waals surface area contributed by atoms with Gasteiger partial charge in [0.05, 0.1) is 13.7 Å². The van der Waals surface area contributed by atoms with Crippen molar-refractivity contribution in [1.29, 1.82) is 0 Å². The smallest absolute Gasteiger partial charge is 0.165 e. The Labute approximate surface area is 128 Å². The Morgan fingerprint density at radius 2 is 1.95 bits per heavy atom. The summed E-state index contributed by atoms with van der Waals surface area (Å²) >= 11 is 0. The molecule has 4 nitrogen and oxygen atoms in total. The lowest BCUT2D eigenvalue weighted by atomic mass is 10.1. The van der Waals surface area contributed by atoms with Crippen LogP contribution in [0.2, 0.25) is 0 Å². The van der Waals surface area contributed by atoms with E-state index in [9.17, 15) is 0 Å². The average molecular weight is 295 g/mol. The summed E-state index contributed by atoms with van der Waals surface area (Å²) in [6, 6.07) is 6.01. The zero-order chi connectivity index (χ0) is 15.3. The Hall–Kier alpha value is -1.26. The molecular weight excluding hydrogens is 266 g/mol. The lowest BCUT2D eigenvalue weighted by Gasteiger charge is -2.15. The summed E-state index contributed by atoms with van der Waals surface area (Å²) in [6.45, 7) is 4.91. The Kier molecular flexibility index (Phi) is 9.66. The largest absolute Gasteiger partial charge is 0.493 e. The van der Waals surface area contributed by atoms with E-state index >= 15 is 0 Å². The van der Waals surface area contributed by atoms with Gasteiger partial charge < -0.3 is 19.9 Å². The summed E-state index contributed by atoms with van der Waals surface area (Å²) in [4.78, 5) is 0. The van der Waals surface area contributed by atoms with Crippen molar-refractivity contribution in [2.75, 3.05) is 26.9 Å². The minimum atomic E-state index is 0.278. The average Bonchev–Trinajstić information content (AvgIpc) is 2.51. The summed E-state index contributed by atoms with van der Waals surface area (Å²) in [5.41, 5.74) is 1.14. The Bertz CT molecular complexity index is 382. The van der Waals surface area contributed by atoms with Gasteiger partial charge in [0.2, 0.25) is 0 Å². The molecule has 1 aromatic rings. The predicted molar refractivity (Wildman–Crippen MR) is 86.0 cm³/mol. The first kappa shape index (κ1) is 17.8. The van der Waals surface area contributed by atoms with Crippen LogP contribution in [0.25, 0.3) is 0 Å². The highest BCUT2D eigenvalue weighted by atomic mass is 16.5. The number of ether oxygens (including phenoxy) is 2. The molecular formula is C17H29NO3. The zero-order valence-corrected chi connectivity index (χ0v) is 13.4. The lowest BCUT2D eigenvalue weighted by Crippen LogP contribution is -2.15. The molecule has 0 aliphatic heterocycles. The Morgan fingerprint density at radius 1 is 1.14 bits per heavy atom. The Balaban J connectivity index is 2.51. The fourth-order valence-electron chi connectivity index (χ4n) is 2.17. The molecule has 0 spiro atoms. The molecule has 0 fully saturated rings. The van der Waals surface area contributed by atoms with E-state index in [0.29, 0.717) is 6.61 Å². The SMILES string of the molecule is CCCNCc1cccc(OC)c1OCCCCCCO. The molecule has 0 atom stereocenters. The molecule has 0 unspecified atom stereocenters. The molecule has 4 heteroatoms. The molecule has 0 amide bonds. The standard InChI is InChI=1S/C17H29NO3/c1-3-11-18-14-15-9-8-10-16(20-2)17(15)21-13-7-5-4-6-12-19/h8-10,18-19H,3-7,11-14H2,1-2H3. The van der Waals surface area contributed by atoms with Crippen molar-refractivity contribution in [2.45, 2.75) is 45.6 Å². The molecule has 1 rings (SSSR count). The van der Waals surface area contributed by atoms with Crippen LogP contribution in [0.1, 0.15) is 44.6 Å².